The summed E-state index contributed by atoms with van der Waals surface area (Å²) in [5.74, 6) is -0.652. The van der Waals surface area contributed by atoms with Crippen LogP contribution in [0, 0.1) is 0 Å². The van der Waals surface area contributed by atoms with E-state index in [2.05, 4.69) is 10.3 Å². The molecule has 1 aromatic carbocycles. The lowest BCUT2D eigenvalue weighted by molar-refractivity contribution is -0.144. The number of aromatic nitrogens is 1. The van der Waals surface area contributed by atoms with Gasteiger partial charge in [-0.15, -0.1) is 0 Å². The van der Waals surface area contributed by atoms with Gasteiger partial charge in [0.15, 0.2) is 0 Å². The Labute approximate surface area is 124 Å². The minimum absolute atomic E-state index is 0.229. The van der Waals surface area contributed by atoms with E-state index in [0.717, 1.165) is 4.90 Å². The third-order valence-corrected chi connectivity index (χ3v) is 3.37. The molecule has 1 N–H and O–H groups in total. The van der Waals surface area contributed by atoms with Crippen molar-refractivity contribution in [3.05, 3.63) is 59.9 Å². The second kappa shape index (κ2) is 5.32. The van der Waals surface area contributed by atoms with E-state index in [1.807, 2.05) is 0 Å². The second-order valence-electron chi connectivity index (χ2n) is 4.93. The Morgan fingerprint density at radius 3 is 2.64 bits per heavy atom. The van der Waals surface area contributed by atoms with Crippen LogP contribution in [0.3, 0.4) is 0 Å². The molecule has 0 fully saturated rings. The highest BCUT2D eigenvalue weighted by Gasteiger charge is 2.40. The van der Waals surface area contributed by atoms with E-state index in [9.17, 15) is 18.0 Å². The quantitative estimate of drug-likeness (QED) is 0.926. The number of hydrogen-bond acceptors (Lipinski definition) is 3. The molecule has 7 heteroatoms. The summed E-state index contributed by atoms with van der Waals surface area (Å²) in [6.45, 7) is -1.33. The van der Waals surface area contributed by atoms with Crippen LogP contribution < -0.4 is 5.32 Å². The fourth-order valence-electron chi connectivity index (χ4n) is 2.45. The molecule has 1 aliphatic rings. The maximum absolute atomic E-state index is 12.8. The van der Waals surface area contributed by atoms with Gasteiger partial charge in [0.05, 0.1) is 5.56 Å². The average Bonchev–Trinajstić information content (AvgIpc) is 2.50. The molecule has 2 heterocycles. The van der Waals surface area contributed by atoms with Gasteiger partial charge in [0.2, 0.25) is 0 Å². The number of carbonyl (C=O) groups is 1. The molecule has 0 spiro atoms. The number of halogens is 3. The van der Waals surface area contributed by atoms with Crippen LogP contribution in [-0.4, -0.2) is 28.5 Å². The van der Waals surface area contributed by atoms with Gasteiger partial charge in [0.25, 0.3) is 5.91 Å². The largest absolute Gasteiger partial charge is 0.406 e. The Balaban J connectivity index is 2.04. The molecule has 1 amide bonds. The van der Waals surface area contributed by atoms with E-state index < -0.39 is 24.8 Å². The average molecular weight is 307 g/mol. The zero-order chi connectivity index (χ0) is 15.7. The Morgan fingerprint density at radius 1 is 1.18 bits per heavy atom. The number of carbonyl (C=O) groups excluding carboxylic acids is 1. The third-order valence-electron chi connectivity index (χ3n) is 3.37. The molecule has 4 nitrogen and oxygen atoms in total. The predicted molar refractivity (Wildman–Crippen MR) is 74.1 cm³/mol. The summed E-state index contributed by atoms with van der Waals surface area (Å²) in [5.41, 5.74) is 1.24. The van der Waals surface area contributed by atoms with Gasteiger partial charge < -0.3 is 10.2 Å². The van der Waals surface area contributed by atoms with E-state index in [1.165, 1.54) is 18.5 Å². The Bertz CT molecular complexity index is 688. The number of pyridine rings is 1. The number of alkyl halides is 3. The van der Waals surface area contributed by atoms with Crippen LogP contribution in [0.15, 0.2) is 48.8 Å². The number of nitrogens with zero attached hydrogens (tertiary/aromatic N) is 2. The van der Waals surface area contributed by atoms with E-state index in [0.29, 0.717) is 11.3 Å². The minimum Gasteiger partial charge on any atom is -0.361 e. The van der Waals surface area contributed by atoms with Crippen LogP contribution in [-0.2, 0) is 0 Å². The van der Waals surface area contributed by atoms with Crippen molar-refractivity contribution in [3.63, 3.8) is 0 Å². The lowest BCUT2D eigenvalue weighted by Crippen LogP contribution is -2.47. The highest BCUT2D eigenvalue weighted by molar-refractivity contribution is 6.01. The number of amides is 1. The first kappa shape index (κ1) is 14.4. The molecular weight excluding hydrogens is 295 g/mol. The van der Waals surface area contributed by atoms with Crippen LogP contribution in [0.2, 0.25) is 0 Å². The molecule has 3 rings (SSSR count). The van der Waals surface area contributed by atoms with Gasteiger partial charge in [-0.2, -0.15) is 13.2 Å². The Kier molecular flexibility index (Phi) is 3.48. The molecule has 2 aromatic rings. The van der Waals surface area contributed by atoms with Crippen molar-refractivity contribution in [3.8, 4) is 0 Å². The molecule has 114 valence electrons. The van der Waals surface area contributed by atoms with Gasteiger partial charge in [-0.1, -0.05) is 18.2 Å². The standard InChI is InChI=1S/C15H12F3N3O/c16-15(17,18)9-21-13(10-4-3-7-19-8-10)20-12-6-2-1-5-11(12)14(21)22/h1-8,13,20H,9H2/t13-/m1/s1. The summed E-state index contributed by atoms with van der Waals surface area (Å²) in [6, 6.07) is 9.77. The predicted octanol–water partition coefficient (Wildman–Crippen LogP) is 3.21. The molecule has 0 saturated heterocycles. The topological polar surface area (TPSA) is 45.2 Å². The van der Waals surface area contributed by atoms with Crippen molar-refractivity contribution >= 4 is 11.6 Å². The van der Waals surface area contributed by atoms with E-state index in [1.54, 1.807) is 30.3 Å². The number of anilines is 1. The molecule has 0 saturated carbocycles. The Hall–Kier alpha value is -2.57. The maximum atomic E-state index is 12.8. The number of para-hydroxylation sites is 1. The normalized spacial score (nSPS) is 17.9. The highest BCUT2D eigenvalue weighted by Crippen LogP contribution is 2.34. The van der Waals surface area contributed by atoms with Crippen molar-refractivity contribution in [2.24, 2.45) is 0 Å². The lowest BCUT2D eigenvalue weighted by Gasteiger charge is -2.38. The van der Waals surface area contributed by atoms with E-state index >= 15 is 0 Å². The smallest absolute Gasteiger partial charge is 0.361 e. The number of rotatable bonds is 2. The molecular formula is C15H12F3N3O. The summed E-state index contributed by atoms with van der Waals surface area (Å²) >= 11 is 0. The van der Waals surface area contributed by atoms with E-state index in [4.69, 9.17) is 0 Å². The van der Waals surface area contributed by atoms with Gasteiger partial charge in [-0.05, 0) is 18.2 Å². The van der Waals surface area contributed by atoms with Crippen molar-refractivity contribution in [1.82, 2.24) is 9.88 Å². The zero-order valence-corrected chi connectivity index (χ0v) is 11.3. The third kappa shape index (κ3) is 2.74. The van der Waals surface area contributed by atoms with Gasteiger partial charge in [0.1, 0.15) is 12.7 Å². The summed E-state index contributed by atoms with van der Waals surface area (Å²) in [7, 11) is 0. The monoisotopic (exact) mass is 307 g/mol. The number of benzene rings is 1. The summed E-state index contributed by atoms with van der Waals surface area (Å²) in [5, 5.41) is 2.98. The van der Waals surface area contributed by atoms with Crippen LogP contribution >= 0.6 is 0 Å². The second-order valence-corrected chi connectivity index (χ2v) is 4.93. The lowest BCUT2D eigenvalue weighted by atomic mass is 10.0. The van der Waals surface area contributed by atoms with E-state index in [-0.39, 0.29) is 5.56 Å². The molecule has 0 bridgehead atoms. The number of hydrogen-bond donors (Lipinski definition) is 1. The zero-order valence-electron chi connectivity index (χ0n) is 11.3. The minimum atomic E-state index is -4.48. The molecule has 22 heavy (non-hydrogen) atoms. The van der Waals surface area contributed by atoms with Gasteiger partial charge in [-0.3, -0.25) is 9.78 Å². The number of nitrogens with one attached hydrogen (secondary N) is 1. The van der Waals surface area contributed by atoms with Crippen LogP contribution in [0.4, 0.5) is 18.9 Å². The van der Waals surface area contributed by atoms with Crippen molar-refractivity contribution < 1.29 is 18.0 Å². The first-order valence-electron chi connectivity index (χ1n) is 6.59. The summed E-state index contributed by atoms with van der Waals surface area (Å²) in [4.78, 5) is 17.1. The van der Waals surface area contributed by atoms with Gasteiger partial charge >= 0.3 is 6.18 Å². The van der Waals surface area contributed by atoms with Crippen molar-refractivity contribution in [2.75, 3.05) is 11.9 Å². The van der Waals surface area contributed by atoms with Gasteiger partial charge in [-0.25, -0.2) is 0 Å². The molecule has 1 aliphatic heterocycles. The first-order chi connectivity index (χ1) is 10.5. The van der Waals surface area contributed by atoms with Gasteiger partial charge in [0, 0.05) is 23.6 Å². The fourth-order valence-corrected chi connectivity index (χ4v) is 2.45. The van der Waals surface area contributed by atoms with Crippen LogP contribution in [0.25, 0.3) is 0 Å². The summed E-state index contributed by atoms with van der Waals surface area (Å²) in [6.07, 6.45) is -2.42. The van der Waals surface area contributed by atoms with Crippen LogP contribution in [0.1, 0.15) is 22.1 Å². The van der Waals surface area contributed by atoms with Crippen molar-refractivity contribution in [1.29, 1.82) is 0 Å². The summed E-state index contributed by atoms with van der Waals surface area (Å²) < 4.78 is 38.5. The Morgan fingerprint density at radius 2 is 1.95 bits per heavy atom. The first-order valence-corrected chi connectivity index (χ1v) is 6.59. The van der Waals surface area contributed by atoms with Crippen molar-refractivity contribution in [2.45, 2.75) is 12.3 Å². The number of fused-ring (bicyclic) bond motifs is 1. The SMILES string of the molecule is O=C1c2ccccc2N[C@@H](c2cccnc2)N1CC(F)(F)F. The maximum Gasteiger partial charge on any atom is 0.406 e. The molecule has 1 atom stereocenters. The molecule has 0 aliphatic carbocycles. The molecule has 0 radical (unpaired) electrons. The fraction of sp³-hybridized carbons (Fsp3) is 0.200. The molecule has 0 unspecified atom stereocenters. The van der Waals surface area contributed by atoms with Crippen LogP contribution in [0.5, 0.6) is 0 Å². The highest BCUT2D eigenvalue weighted by atomic mass is 19.4. The molecule has 1 aromatic heterocycles.